The molecule has 1 amide bonds. The van der Waals surface area contributed by atoms with Gasteiger partial charge in [-0.1, -0.05) is 43.4 Å². The van der Waals surface area contributed by atoms with Gasteiger partial charge in [-0.3, -0.25) is 9.79 Å². The number of aromatic nitrogens is 4. The Morgan fingerprint density at radius 2 is 1.97 bits per heavy atom. The van der Waals surface area contributed by atoms with Crippen molar-refractivity contribution < 1.29 is 4.79 Å². The Balaban J connectivity index is 1.23. The minimum absolute atomic E-state index is 0.0624. The number of nitrogens with one attached hydrogen (secondary N) is 3. The summed E-state index contributed by atoms with van der Waals surface area (Å²) in [6, 6.07) is 12.7. The van der Waals surface area contributed by atoms with Crippen LogP contribution in [0.25, 0.3) is 0 Å². The summed E-state index contributed by atoms with van der Waals surface area (Å²) in [7, 11) is 0. The molecule has 2 aliphatic rings. The molecule has 0 saturated heterocycles. The van der Waals surface area contributed by atoms with Gasteiger partial charge >= 0.3 is 0 Å². The molecule has 3 aromatic rings. The summed E-state index contributed by atoms with van der Waals surface area (Å²) in [5.41, 5.74) is 2.42. The first-order valence-corrected chi connectivity index (χ1v) is 12.5. The Labute approximate surface area is 221 Å². The van der Waals surface area contributed by atoms with Crippen LogP contribution in [0.5, 0.6) is 0 Å². The minimum atomic E-state index is -0.228. The Bertz CT molecular complexity index is 1390. The Hall–Kier alpha value is -4.86. The molecule has 5 rings (SSSR count). The first-order valence-electron chi connectivity index (χ1n) is 12.5. The lowest BCUT2D eigenvalue weighted by Crippen LogP contribution is -2.24. The average Bonchev–Trinajstić information content (AvgIpc) is 2.95. The van der Waals surface area contributed by atoms with Gasteiger partial charge in [0.15, 0.2) is 0 Å². The third-order valence-electron chi connectivity index (χ3n) is 5.89. The van der Waals surface area contributed by atoms with E-state index in [1.165, 1.54) is 5.57 Å². The van der Waals surface area contributed by atoms with Gasteiger partial charge in [0, 0.05) is 36.6 Å². The fraction of sp³-hybridized carbons (Fsp3) is 0.214. The first-order chi connectivity index (χ1) is 18.6. The highest BCUT2D eigenvalue weighted by atomic mass is 16.1. The molecule has 1 aliphatic heterocycles. The second kappa shape index (κ2) is 11.9. The largest absolute Gasteiger partial charge is 0.348 e. The second-order valence-corrected chi connectivity index (χ2v) is 8.79. The Morgan fingerprint density at radius 3 is 2.74 bits per heavy atom. The number of aryl methyl sites for hydroxylation is 1. The number of benzene rings is 1. The van der Waals surface area contributed by atoms with Gasteiger partial charge in [-0.15, -0.1) is 0 Å². The fourth-order valence-corrected chi connectivity index (χ4v) is 3.97. The number of anilines is 4. The van der Waals surface area contributed by atoms with Crippen LogP contribution in [0.1, 0.15) is 29.5 Å². The molecule has 0 fully saturated rings. The van der Waals surface area contributed by atoms with Crippen LogP contribution in [0, 0.1) is 0 Å². The number of pyridine rings is 1. The van der Waals surface area contributed by atoms with E-state index in [0.29, 0.717) is 35.5 Å². The van der Waals surface area contributed by atoms with E-state index in [1.54, 1.807) is 18.3 Å². The van der Waals surface area contributed by atoms with E-state index in [4.69, 9.17) is 0 Å². The lowest BCUT2D eigenvalue weighted by molar-refractivity contribution is 0.102. The van der Waals surface area contributed by atoms with E-state index in [-0.39, 0.29) is 11.9 Å². The second-order valence-electron chi connectivity index (χ2n) is 8.79. The topological polar surface area (TPSA) is 120 Å². The van der Waals surface area contributed by atoms with Crippen molar-refractivity contribution in [1.82, 2.24) is 24.8 Å². The fourth-order valence-electron chi connectivity index (χ4n) is 3.97. The zero-order valence-corrected chi connectivity index (χ0v) is 21.1. The molecule has 3 heterocycles. The number of rotatable bonds is 9. The third kappa shape index (κ3) is 6.67. The summed E-state index contributed by atoms with van der Waals surface area (Å²) in [4.78, 5) is 37.0. The molecule has 10 nitrogen and oxygen atoms in total. The number of hydrogen-bond donors (Lipinski definition) is 3. The van der Waals surface area contributed by atoms with E-state index >= 15 is 0 Å². The number of aliphatic imine (C=N–C) groups is 1. The molecule has 1 unspecified atom stereocenters. The van der Waals surface area contributed by atoms with Gasteiger partial charge in [0.2, 0.25) is 11.9 Å². The van der Waals surface area contributed by atoms with Crippen LogP contribution in [-0.4, -0.2) is 56.2 Å². The summed E-state index contributed by atoms with van der Waals surface area (Å²) >= 11 is 0. The number of carbonyl (C=O) groups is 1. The summed E-state index contributed by atoms with van der Waals surface area (Å²) in [5, 5.41) is 9.39. The van der Waals surface area contributed by atoms with Crippen molar-refractivity contribution in [3.63, 3.8) is 0 Å². The zero-order chi connectivity index (χ0) is 26.2. The molecule has 0 radical (unpaired) electrons. The SMILES string of the molecule is CCc1nc(Nc2cc(C(=O)Nc3ccccc3)ccn2)nc(NC2C=CC(CN3C=CCN=C3)=CC2)n1. The molecule has 0 bridgehead atoms. The standard InChI is InChI=1S/C28H29N9O/c1-2-24-33-27(32-23-11-9-20(10-12-23)18-37-16-6-14-29-19-37)36-28(34-24)35-25-17-21(13-15-30-25)26(38)31-22-7-4-3-5-8-22/h3-11,13,15-17,19,23H,2,12,14,18H2,1H3,(H,31,38)(H2,30,32,33,34,35,36). The summed E-state index contributed by atoms with van der Waals surface area (Å²) < 4.78 is 0. The predicted molar refractivity (Wildman–Crippen MR) is 150 cm³/mol. The third-order valence-corrected chi connectivity index (χ3v) is 5.89. The number of para-hydroxylation sites is 1. The Morgan fingerprint density at radius 1 is 1.11 bits per heavy atom. The molecule has 1 aromatic carbocycles. The van der Waals surface area contributed by atoms with Crippen LogP contribution in [0.4, 0.5) is 23.4 Å². The molecule has 10 heteroatoms. The van der Waals surface area contributed by atoms with E-state index in [2.05, 4.69) is 70.2 Å². The number of nitrogens with zero attached hydrogens (tertiary/aromatic N) is 6. The maximum atomic E-state index is 12.7. The molecule has 0 spiro atoms. The van der Waals surface area contributed by atoms with Gasteiger partial charge in [-0.05, 0) is 42.3 Å². The van der Waals surface area contributed by atoms with Crippen molar-refractivity contribution in [3.05, 3.63) is 96.1 Å². The first kappa shape index (κ1) is 24.8. The van der Waals surface area contributed by atoms with Gasteiger partial charge < -0.3 is 20.9 Å². The zero-order valence-electron chi connectivity index (χ0n) is 21.1. The molecule has 192 valence electrons. The highest BCUT2D eigenvalue weighted by molar-refractivity contribution is 6.04. The van der Waals surface area contributed by atoms with E-state index in [9.17, 15) is 4.79 Å². The van der Waals surface area contributed by atoms with Gasteiger partial charge in [-0.25, -0.2) is 4.98 Å². The van der Waals surface area contributed by atoms with Crippen LogP contribution in [0.3, 0.4) is 0 Å². The summed E-state index contributed by atoms with van der Waals surface area (Å²) in [6.45, 7) is 3.52. The van der Waals surface area contributed by atoms with Crippen molar-refractivity contribution in [2.75, 3.05) is 29.0 Å². The minimum Gasteiger partial charge on any atom is -0.348 e. The van der Waals surface area contributed by atoms with Gasteiger partial charge in [0.05, 0.1) is 18.9 Å². The lowest BCUT2D eigenvalue weighted by atomic mass is 10.0. The van der Waals surface area contributed by atoms with Crippen LogP contribution in [0.15, 0.2) is 89.7 Å². The van der Waals surface area contributed by atoms with Crippen molar-refractivity contribution in [3.8, 4) is 0 Å². The van der Waals surface area contributed by atoms with E-state index < -0.39 is 0 Å². The number of carbonyl (C=O) groups excluding carboxylic acids is 1. The van der Waals surface area contributed by atoms with Crippen LogP contribution >= 0.6 is 0 Å². The van der Waals surface area contributed by atoms with Gasteiger partial charge in [-0.2, -0.15) is 15.0 Å². The summed E-state index contributed by atoms with van der Waals surface area (Å²) in [6.07, 6.45) is 15.5. The predicted octanol–water partition coefficient (Wildman–Crippen LogP) is 4.35. The smallest absolute Gasteiger partial charge is 0.255 e. The number of amides is 1. The van der Waals surface area contributed by atoms with Crippen molar-refractivity contribution >= 4 is 35.6 Å². The normalized spacial score (nSPS) is 16.2. The molecular formula is C28H29N9O. The van der Waals surface area contributed by atoms with Gasteiger partial charge in [0.1, 0.15) is 11.6 Å². The molecule has 2 aromatic heterocycles. The quantitative estimate of drug-likeness (QED) is 0.391. The molecule has 38 heavy (non-hydrogen) atoms. The summed E-state index contributed by atoms with van der Waals surface area (Å²) in [5.74, 6) is 1.73. The van der Waals surface area contributed by atoms with Gasteiger partial charge in [0.25, 0.3) is 5.91 Å². The van der Waals surface area contributed by atoms with Crippen LogP contribution in [-0.2, 0) is 6.42 Å². The molecule has 1 atom stereocenters. The molecular weight excluding hydrogens is 478 g/mol. The molecule has 0 saturated carbocycles. The highest BCUT2D eigenvalue weighted by Gasteiger charge is 2.14. The molecule has 1 aliphatic carbocycles. The van der Waals surface area contributed by atoms with E-state index in [0.717, 1.165) is 25.2 Å². The average molecular weight is 508 g/mol. The highest BCUT2D eigenvalue weighted by Crippen LogP contribution is 2.18. The number of hydrogen-bond acceptors (Lipinski definition) is 9. The molecule has 3 N–H and O–H groups in total. The van der Waals surface area contributed by atoms with E-state index in [1.807, 2.05) is 49.7 Å². The Kier molecular flexibility index (Phi) is 7.78. The van der Waals surface area contributed by atoms with Crippen molar-refractivity contribution in [2.45, 2.75) is 25.8 Å². The maximum absolute atomic E-state index is 12.7. The van der Waals surface area contributed by atoms with Crippen LogP contribution < -0.4 is 16.0 Å². The lowest BCUT2D eigenvalue weighted by Gasteiger charge is -2.22. The monoisotopic (exact) mass is 507 g/mol. The maximum Gasteiger partial charge on any atom is 0.255 e. The van der Waals surface area contributed by atoms with Crippen LogP contribution in [0.2, 0.25) is 0 Å². The van der Waals surface area contributed by atoms with Crippen molar-refractivity contribution in [2.24, 2.45) is 4.99 Å². The van der Waals surface area contributed by atoms with Crippen molar-refractivity contribution in [1.29, 1.82) is 0 Å².